The van der Waals surface area contributed by atoms with Gasteiger partial charge in [0.2, 0.25) is 11.7 Å². The molecule has 2 aromatic rings. The average Bonchev–Trinajstić information content (AvgIpc) is 3.39. The quantitative estimate of drug-likeness (QED) is 0.729. The van der Waals surface area contributed by atoms with Crippen molar-refractivity contribution in [1.29, 1.82) is 0 Å². The van der Waals surface area contributed by atoms with Crippen LogP contribution in [0.15, 0.2) is 28.8 Å². The van der Waals surface area contributed by atoms with Crippen molar-refractivity contribution in [2.45, 2.75) is 32.3 Å². The van der Waals surface area contributed by atoms with Crippen molar-refractivity contribution < 1.29 is 24.0 Å². The van der Waals surface area contributed by atoms with Crippen LogP contribution in [-0.4, -0.2) is 45.7 Å². The molecule has 9 nitrogen and oxygen atoms in total. The molecule has 1 aliphatic rings. The summed E-state index contributed by atoms with van der Waals surface area (Å²) >= 11 is 0. The minimum Gasteiger partial charge on any atom is -0.485 e. The van der Waals surface area contributed by atoms with Crippen LogP contribution in [0.2, 0.25) is 0 Å². The Bertz CT molecular complexity index is 800. The largest absolute Gasteiger partial charge is 0.485 e. The van der Waals surface area contributed by atoms with Gasteiger partial charge in [-0.05, 0) is 37.1 Å². The highest BCUT2D eigenvalue weighted by Gasteiger charge is 2.29. The highest BCUT2D eigenvalue weighted by molar-refractivity contribution is 5.89. The number of ether oxygens (including phenoxy) is 1. The first kappa shape index (κ1) is 18.7. The Morgan fingerprint density at radius 3 is 2.70 bits per heavy atom. The van der Waals surface area contributed by atoms with Gasteiger partial charge in [-0.25, -0.2) is 4.79 Å². The summed E-state index contributed by atoms with van der Waals surface area (Å²) in [5, 5.41) is 15.5. The monoisotopic (exact) mass is 374 g/mol. The second kappa shape index (κ2) is 8.07. The lowest BCUT2D eigenvalue weighted by atomic mass is 10.2. The van der Waals surface area contributed by atoms with Gasteiger partial charge in [0, 0.05) is 25.2 Å². The van der Waals surface area contributed by atoms with Crippen LogP contribution in [0, 0.1) is 5.92 Å². The predicted octanol–water partition coefficient (Wildman–Crippen LogP) is 2.71. The Labute approximate surface area is 156 Å². The Morgan fingerprint density at radius 1 is 1.37 bits per heavy atom. The third-order valence-electron chi connectivity index (χ3n) is 4.20. The fourth-order valence-corrected chi connectivity index (χ4v) is 2.40. The lowest BCUT2D eigenvalue weighted by molar-refractivity contribution is -0.141. The van der Waals surface area contributed by atoms with Crippen LogP contribution in [0.4, 0.5) is 10.5 Å². The summed E-state index contributed by atoms with van der Waals surface area (Å²) in [5.74, 6) is 0.616. The van der Waals surface area contributed by atoms with Gasteiger partial charge in [0.25, 0.3) is 0 Å². The highest BCUT2D eigenvalue weighted by atomic mass is 16.5. The molecule has 1 unspecified atom stereocenters. The van der Waals surface area contributed by atoms with Gasteiger partial charge in [0.15, 0.2) is 6.61 Å². The number of carbonyl (C=O) groups is 2. The molecule has 0 spiro atoms. The van der Waals surface area contributed by atoms with Crippen LogP contribution >= 0.6 is 0 Å². The van der Waals surface area contributed by atoms with Gasteiger partial charge < -0.3 is 24.6 Å². The fourth-order valence-electron chi connectivity index (χ4n) is 2.40. The Kier molecular flexibility index (Phi) is 5.58. The van der Waals surface area contributed by atoms with E-state index in [9.17, 15) is 9.59 Å². The second-order valence-electron chi connectivity index (χ2n) is 6.69. The maximum Gasteiger partial charge on any atom is 0.321 e. The van der Waals surface area contributed by atoms with Crippen LogP contribution in [0.25, 0.3) is 0 Å². The SMILES string of the molecule is CC(CN(C)C(=O)Nc1ccc(OCc2noc(C3CC3)n2)cc1)C(=O)O. The number of benzene rings is 1. The molecular weight excluding hydrogens is 352 g/mol. The number of rotatable bonds is 8. The summed E-state index contributed by atoms with van der Waals surface area (Å²) in [6, 6.07) is 6.46. The number of nitrogens with one attached hydrogen (secondary N) is 1. The molecule has 0 bridgehead atoms. The molecule has 1 fully saturated rings. The smallest absolute Gasteiger partial charge is 0.321 e. The Hall–Kier alpha value is -3.10. The number of carboxylic acids is 1. The number of carboxylic acid groups (broad SMARTS) is 1. The molecule has 3 rings (SSSR count). The molecule has 0 radical (unpaired) electrons. The number of aromatic nitrogens is 2. The van der Waals surface area contributed by atoms with E-state index in [0.717, 1.165) is 12.8 Å². The summed E-state index contributed by atoms with van der Waals surface area (Å²) < 4.78 is 10.8. The van der Waals surface area contributed by atoms with Gasteiger partial charge in [0.05, 0.1) is 5.92 Å². The number of carbonyl (C=O) groups excluding carboxylic acids is 1. The van der Waals surface area contributed by atoms with Gasteiger partial charge in [0.1, 0.15) is 5.75 Å². The fraction of sp³-hybridized carbons (Fsp3) is 0.444. The first-order chi connectivity index (χ1) is 12.9. The van der Waals surface area contributed by atoms with E-state index in [0.29, 0.717) is 29.1 Å². The van der Waals surface area contributed by atoms with Gasteiger partial charge in [-0.1, -0.05) is 12.1 Å². The average molecular weight is 374 g/mol. The maximum absolute atomic E-state index is 12.1. The van der Waals surface area contributed by atoms with Gasteiger partial charge >= 0.3 is 12.0 Å². The summed E-state index contributed by atoms with van der Waals surface area (Å²) in [6.07, 6.45) is 2.19. The minimum absolute atomic E-state index is 0.121. The molecule has 27 heavy (non-hydrogen) atoms. The summed E-state index contributed by atoms with van der Waals surface area (Å²) in [5.41, 5.74) is 0.581. The first-order valence-corrected chi connectivity index (χ1v) is 8.72. The zero-order valence-corrected chi connectivity index (χ0v) is 15.2. The van der Waals surface area contributed by atoms with Crippen molar-refractivity contribution in [3.8, 4) is 5.75 Å². The summed E-state index contributed by atoms with van der Waals surface area (Å²) in [7, 11) is 1.55. The lowest BCUT2D eigenvalue weighted by Crippen LogP contribution is -2.36. The van der Waals surface area contributed by atoms with Crippen molar-refractivity contribution in [2.24, 2.45) is 5.92 Å². The zero-order valence-electron chi connectivity index (χ0n) is 15.2. The number of urea groups is 1. The number of hydrogen-bond donors (Lipinski definition) is 2. The molecule has 1 aliphatic carbocycles. The van der Waals surface area contributed by atoms with E-state index in [1.165, 1.54) is 4.90 Å². The topological polar surface area (TPSA) is 118 Å². The maximum atomic E-state index is 12.1. The molecule has 0 aliphatic heterocycles. The molecule has 1 atom stereocenters. The minimum atomic E-state index is -0.943. The first-order valence-electron chi connectivity index (χ1n) is 8.72. The van der Waals surface area contributed by atoms with E-state index in [1.807, 2.05) is 0 Å². The molecule has 0 saturated heterocycles. The van der Waals surface area contributed by atoms with E-state index >= 15 is 0 Å². The van der Waals surface area contributed by atoms with Crippen LogP contribution in [0.3, 0.4) is 0 Å². The molecule has 1 saturated carbocycles. The molecule has 1 aromatic heterocycles. The normalized spacial score (nSPS) is 14.4. The molecule has 1 aromatic carbocycles. The van der Waals surface area contributed by atoms with Crippen LogP contribution in [0.5, 0.6) is 5.75 Å². The van der Waals surface area contributed by atoms with Gasteiger partial charge in [-0.15, -0.1) is 0 Å². The molecule has 1 heterocycles. The van der Waals surface area contributed by atoms with E-state index in [2.05, 4.69) is 15.5 Å². The Balaban J connectivity index is 1.47. The van der Waals surface area contributed by atoms with Crippen LogP contribution in [-0.2, 0) is 11.4 Å². The predicted molar refractivity (Wildman–Crippen MR) is 95.5 cm³/mol. The summed E-state index contributed by atoms with van der Waals surface area (Å²) in [4.78, 5) is 28.6. The van der Waals surface area contributed by atoms with E-state index < -0.39 is 11.9 Å². The van der Waals surface area contributed by atoms with E-state index in [1.54, 1.807) is 38.2 Å². The Morgan fingerprint density at radius 2 is 2.07 bits per heavy atom. The standard InChI is InChI=1S/C18H22N4O5/c1-11(17(23)24)9-22(2)18(25)19-13-5-7-14(8-6-13)26-10-15-20-16(27-21-15)12-3-4-12/h5-8,11-12H,3-4,9-10H2,1-2H3,(H,19,25)(H,23,24). The van der Waals surface area contributed by atoms with Crippen LogP contribution in [0.1, 0.15) is 37.4 Å². The van der Waals surface area contributed by atoms with Crippen molar-refractivity contribution in [1.82, 2.24) is 15.0 Å². The number of hydrogen-bond acceptors (Lipinski definition) is 6. The lowest BCUT2D eigenvalue weighted by Gasteiger charge is -2.20. The van der Waals surface area contributed by atoms with E-state index in [-0.39, 0.29) is 19.2 Å². The van der Waals surface area contributed by atoms with Crippen molar-refractivity contribution in [3.05, 3.63) is 36.0 Å². The second-order valence-corrected chi connectivity index (χ2v) is 6.69. The summed E-state index contributed by atoms with van der Waals surface area (Å²) in [6.45, 7) is 1.88. The van der Waals surface area contributed by atoms with E-state index in [4.69, 9.17) is 14.4 Å². The molecule has 2 N–H and O–H groups in total. The zero-order chi connectivity index (χ0) is 19.4. The van der Waals surface area contributed by atoms with Crippen molar-refractivity contribution in [2.75, 3.05) is 18.9 Å². The van der Waals surface area contributed by atoms with Gasteiger partial charge in [-0.3, -0.25) is 4.79 Å². The number of anilines is 1. The number of amides is 2. The van der Waals surface area contributed by atoms with Crippen molar-refractivity contribution in [3.63, 3.8) is 0 Å². The molecular formula is C18H22N4O5. The third-order valence-corrected chi connectivity index (χ3v) is 4.20. The molecule has 9 heteroatoms. The number of nitrogens with zero attached hydrogens (tertiary/aromatic N) is 3. The van der Waals surface area contributed by atoms with Gasteiger partial charge in [-0.2, -0.15) is 4.98 Å². The van der Waals surface area contributed by atoms with Crippen LogP contribution < -0.4 is 10.1 Å². The van der Waals surface area contributed by atoms with Crippen molar-refractivity contribution >= 4 is 17.7 Å². The molecule has 144 valence electrons. The highest BCUT2D eigenvalue weighted by Crippen LogP contribution is 2.38. The third kappa shape index (κ3) is 5.19. The number of aliphatic carboxylic acids is 1. The molecule has 2 amide bonds.